The molecule has 2 aliphatic heterocycles. The van der Waals surface area contributed by atoms with Gasteiger partial charge in [0.05, 0.1) is 5.92 Å². The van der Waals surface area contributed by atoms with E-state index in [0.717, 1.165) is 29.1 Å². The number of halogens is 1. The van der Waals surface area contributed by atoms with Crippen molar-refractivity contribution in [2.24, 2.45) is 27.7 Å². The van der Waals surface area contributed by atoms with Crippen LogP contribution in [0.1, 0.15) is 18.9 Å². The summed E-state index contributed by atoms with van der Waals surface area (Å²) in [7, 11) is 0. The van der Waals surface area contributed by atoms with Crippen molar-refractivity contribution < 1.29 is 14.6 Å². The molecule has 0 aromatic heterocycles. The highest BCUT2D eigenvalue weighted by Crippen LogP contribution is 2.65. The van der Waals surface area contributed by atoms with E-state index in [4.69, 9.17) is 4.99 Å². The van der Waals surface area contributed by atoms with Gasteiger partial charge in [-0.1, -0.05) is 37.3 Å². The minimum Gasteiger partial charge on any atom is -0.508 e. The molecule has 162 valence electrons. The molecule has 2 aromatic rings. The molecule has 6 nitrogen and oxygen atoms in total. The highest BCUT2D eigenvalue weighted by molar-refractivity contribution is 6.09. The fourth-order valence-corrected chi connectivity index (χ4v) is 5.53. The number of aliphatic hydroxyl groups is 2. The van der Waals surface area contributed by atoms with E-state index in [1.54, 1.807) is 18.5 Å². The number of nitrogens with one attached hydrogen (secondary N) is 1. The van der Waals surface area contributed by atoms with Crippen molar-refractivity contribution in [2.45, 2.75) is 25.0 Å². The van der Waals surface area contributed by atoms with Crippen LogP contribution in [-0.2, 0) is 0 Å². The fraction of sp³-hybridized carbons (Fsp3) is 0.280. The molecule has 0 saturated heterocycles. The molecule has 5 atom stereocenters. The van der Waals surface area contributed by atoms with Crippen LogP contribution in [-0.4, -0.2) is 39.0 Å². The smallest absolute Gasteiger partial charge is 0.156 e. The van der Waals surface area contributed by atoms with Gasteiger partial charge in [-0.25, -0.2) is 14.4 Å². The van der Waals surface area contributed by atoms with Gasteiger partial charge in [0.1, 0.15) is 35.5 Å². The third-order valence-electron chi connectivity index (χ3n) is 7.26. The highest BCUT2D eigenvalue weighted by atomic mass is 19.1. The molecule has 7 heteroatoms. The van der Waals surface area contributed by atoms with Crippen LogP contribution in [0.3, 0.4) is 0 Å². The minimum absolute atomic E-state index is 0.0423. The summed E-state index contributed by atoms with van der Waals surface area (Å²) >= 11 is 0. The zero-order valence-electron chi connectivity index (χ0n) is 17.5. The normalized spacial score (nSPS) is 32.4. The number of allylic oxidation sites excluding steroid dienone is 1. The average molecular weight is 430 g/mol. The Balaban J connectivity index is 1.44. The Bertz CT molecular complexity index is 1200. The van der Waals surface area contributed by atoms with Gasteiger partial charge in [0, 0.05) is 23.7 Å². The summed E-state index contributed by atoms with van der Waals surface area (Å²) in [6.45, 7) is 1.94. The van der Waals surface area contributed by atoms with Crippen molar-refractivity contribution in [3.63, 3.8) is 0 Å². The van der Waals surface area contributed by atoms with Gasteiger partial charge < -0.3 is 20.4 Å². The van der Waals surface area contributed by atoms with Crippen LogP contribution in [0.25, 0.3) is 5.57 Å². The molecule has 6 rings (SSSR count). The van der Waals surface area contributed by atoms with Crippen LogP contribution in [0.2, 0.25) is 0 Å². The number of nitrogens with zero attached hydrogens (tertiary/aromatic N) is 3. The molecule has 2 heterocycles. The summed E-state index contributed by atoms with van der Waals surface area (Å²) in [5.74, 6) is 0.355. The molecule has 2 aliphatic carbocycles. The number of hydrogen-bond donors (Lipinski definition) is 3. The lowest BCUT2D eigenvalue weighted by Crippen LogP contribution is -2.46. The number of benzene rings is 2. The first kappa shape index (κ1) is 19.1. The number of aliphatic hydroxyl groups excluding tert-OH is 2. The monoisotopic (exact) mass is 430 g/mol. The topological polar surface area (TPSA) is 80.5 Å². The molecule has 3 unspecified atom stereocenters. The van der Waals surface area contributed by atoms with Crippen LogP contribution in [0.5, 0.6) is 0 Å². The number of para-hydroxylation sites is 1. The Kier molecular flexibility index (Phi) is 4.00. The minimum atomic E-state index is -0.652. The van der Waals surface area contributed by atoms with E-state index in [1.165, 1.54) is 12.1 Å². The van der Waals surface area contributed by atoms with E-state index in [1.807, 2.05) is 43.5 Å². The molecule has 1 fully saturated rings. The van der Waals surface area contributed by atoms with E-state index in [2.05, 4.69) is 15.2 Å². The van der Waals surface area contributed by atoms with Gasteiger partial charge in [0.25, 0.3) is 0 Å². The first-order chi connectivity index (χ1) is 15.5. The Labute approximate surface area is 185 Å². The molecule has 1 saturated carbocycles. The number of anilines is 1. The molecule has 32 heavy (non-hydrogen) atoms. The van der Waals surface area contributed by atoms with Crippen molar-refractivity contribution in [3.05, 3.63) is 83.7 Å². The van der Waals surface area contributed by atoms with E-state index < -0.39 is 5.54 Å². The second kappa shape index (κ2) is 6.69. The molecular weight excluding hydrogens is 407 g/mol. The Morgan fingerprint density at radius 3 is 2.53 bits per heavy atom. The number of hydrogen-bond acceptors (Lipinski definition) is 6. The lowest BCUT2D eigenvalue weighted by atomic mass is 9.91. The van der Waals surface area contributed by atoms with Crippen LogP contribution in [0, 0.1) is 23.6 Å². The summed E-state index contributed by atoms with van der Waals surface area (Å²) in [5, 5.41) is 24.7. The second-order valence-corrected chi connectivity index (χ2v) is 8.92. The first-order valence-corrected chi connectivity index (χ1v) is 10.8. The largest absolute Gasteiger partial charge is 0.508 e. The predicted octanol–water partition coefficient (Wildman–Crippen LogP) is 4.71. The third kappa shape index (κ3) is 2.57. The quantitative estimate of drug-likeness (QED) is 0.659. The standard InChI is InChI=1S/C25H23FN4O2/c1-14-19-11-25(19,22(32)21(14)31)30-12-18(15-7-9-16(26)10-8-15)20-23(27-13-28-24(20)30)29-17-5-3-2-4-6-17/h2-10,12-14,19-20,24,31-32H,11H2,1H3,(H,27,28,29)/t14?,19-,20?,24?,25+/m0/s1. The summed E-state index contributed by atoms with van der Waals surface area (Å²) in [6, 6.07) is 16.2. The van der Waals surface area contributed by atoms with Gasteiger partial charge in [-0.15, -0.1) is 0 Å². The summed E-state index contributed by atoms with van der Waals surface area (Å²) < 4.78 is 13.6. The molecule has 0 amide bonds. The zero-order valence-corrected chi connectivity index (χ0v) is 17.5. The van der Waals surface area contributed by atoms with Crippen molar-refractivity contribution in [1.29, 1.82) is 0 Å². The van der Waals surface area contributed by atoms with Crippen LogP contribution < -0.4 is 5.32 Å². The molecule has 0 radical (unpaired) electrons. The van der Waals surface area contributed by atoms with E-state index in [-0.39, 0.29) is 41.3 Å². The number of fused-ring (bicyclic) bond motifs is 2. The van der Waals surface area contributed by atoms with Crippen molar-refractivity contribution >= 4 is 23.4 Å². The van der Waals surface area contributed by atoms with E-state index in [9.17, 15) is 14.6 Å². The Morgan fingerprint density at radius 1 is 1.09 bits per heavy atom. The number of amidine groups is 1. The molecule has 3 N–H and O–H groups in total. The van der Waals surface area contributed by atoms with Crippen molar-refractivity contribution in [3.8, 4) is 0 Å². The summed E-state index contributed by atoms with van der Waals surface area (Å²) in [6.07, 6.45) is 3.99. The van der Waals surface area contributed by atoms with Crippen LogP contribution >= 0.6 is 0 Å². The van der Waals surface area contributed by atoms with Gasteiger partial charge in [-0.3, -0.25) is 0 Å². The predicted molar refractivity (Wildman–Crippen MR) is 122 cm³/mol. The zero-order chi connectivity index (χ0) is 22.0. The lowest BCUT2D eigenvalue weighted by Gasteiger charge is -2.35. The van der Waals surface area contributed by atoms with Crippen molar-refractivity contribution in [2.75, 3.05) is 5.32 Å². The van der Waals surface area contributed by atoms with Gasteiger partial charge in [-0.2, -0.15) is 0 Å². The highest BCUT2D eigenvalue weighted by Gasteiger charge is 2.71. The van der Waals surface area contributed by atoms with E-state index in [0.29, 0.717) is 0 Å². The van der Waals surface area contributed by atoms with Gasteiger partial charge >= 0.3 is 0 Å². The van der Waals surface area contributed by atoms with Crippen LogP contribution in [0.15, 0.2) is 82.3 Å². The van der Waals surface area contributed by atoms with Crippen LogP contribution in [0.4, 0.5) is 10.1 Å². The van der Waals surface area contributed by atoms with Crippen molar-refractivity contribution in [1.82, 2.24) is 4.90 Å². The number of aliphatic imine (C=N–C) groups is 2. The maximum atomic E-state index is 13.6. The van der Waals surface area contributed by atoms with Gasteiger partial charge in [0.15, 0.2) is 5.76 Å². The molecule has 0 bridgehead atoms. The van der Waals surface area contributed by atoms with Gasteiger partial charge in [-0.05, 0) is 41.8 Å². The summed E-state index contributed by atoms with van der Waals surface area (Å²) in [5.41, 5.74) is 2.08. The second-order valence-electron chi connectivity index (χ2n) is 8.92. The molecule has 0 spiro atoms. The maximum Gasteiger partial charge on any atom is 0.156 e. The SMILES string of the molecule is CC1C(O)=C(O)[C@@]2(N3C=C(c4ccc(F)cc4)C4C(Nc5ccccc5)=NC=NC43)C[C@@H]12. The Morgan fingerprint density at radius 2 is 1.84 bits per heavy atom. The molecular formula is C25H23FN4O2. The lowest BCUT2D eigenvalue weighted by molar-refractivity contribution is 0.162. The fourth-order valence-electron chi connectivity index (χ4n) is 5.53. The first-order valence-electron chi connectivity index (χ1n) is 10.8. The number of rotatable bonds is 3. The van der Waals surface area contributed by atoms with E-state index >= 15 is 0 Å². The Hall–Kier alpha value is -3.61. The maximum absolute atomic E-state index is 13.6. The average Bonchev–Trinajstić information content (AvgIpc) is 3.39. The molecule has 4 aliphatic rings. The summed E-state index contributed by atoms with van der Waals surface area (Å²) in [4.78, 5) is 11.3. The third-order valence-corrected chi connectivity index (χ3v) is 7.26. The van der Waals surface area contributed by atoms with Gasteiger partial charge in [0.2, 0.25) is 0 Å². The molecule has 2 aromatic carbocycles.